The van der Waals surface area contributed by atoms with Gasteiger partial charge >= 0.3 is 6.18 Å². The number of nitrogens with one attached hydrogen (secondary N) is 1. The molecule has 6 nitrogen and oxygen atoms in total. The number of amides is 1. The fourth-order valence-electron chi connectivity index (χ4n) is 2.47. The quantitative estimate of drug-likeness (QED) is 0.735. The van der Waals surface area contributed by atoms with Crippen LogP contribution >= 0.6 is 11.6 Å². The summed E-state index contributed by atoms with van der Waals surface area (Å²) in [6, 6.07) is 8.16. The number of anilines is 1. The molecule has 2 aromatic heterocycles. The van der Waals surface area contributed by atoms with E-state index in [-0.39, 0.29) is 0 Å². The van der Waals surface area contributed by atoms with Gasteiger partial charge in [-0.15, -0.1) is 0 Å². The number of para-hydroxylation sites is 1. The van der Waals surface area contributed by atoms with E-state index in [0.29, 0.717) is 27.0 Å². The minimum atomic E-state index is -4.79. The van der Waals surface area contributed by atoms with Gasteiger partial charge in [0.15, 0.2) is 0 Å². The number of nitrogens with zero attached hydrogens (tertiary/aromatic N) is 3. The lowest BCUT2D eigenvalue weighted by Crippen LogP contribution is -2.32. The van der Waals surface area contributed by atoms with E-state index >= 15 is 0 Å². The van der Waals surface area contributed by atoms with E-state index in [1.165, 1.54) is 10.9 Å². The van der Waals surface area contributed by atoms with Gasteiger partial charge < -0.3 is 9.88 Å². The first-order chi connectivity index (χ1) is 12.8. The Morgan fingerprint density at radius 2 is 1.93 bits per heavy atom. The van der Waals surface area contributed by atoms with Gasteiger partial charge in [-0.2, -0.15) is 18.3 Å². The van der Waals surface area contributed by atoms with E-state index in [1.54, 1.807) is 30.5 Å². The highest BCUT2D eigenvalue weighted by Gasteiger charge is 2.34. The number of pyridine rings is 1. The number of hydrogen-bond acceptors (Lipinski definition) is 3. The standard InChI is InChI=1S/C17H12ClF3N4O2/c18-12-5-1-6-13(15(12)25-9-3-7-22-25)23-14(26)10-24-8-2-4-11(16(24)27)17(19,20)21/h1-9H,10H2,(H,23,26). The Morgan fingerprint density at radius 1 is 1.15 bits per heavy atom. The molecule has 0 atom stereocenters. The molecule has 2 heterocycles. The van der Waals surface area contributed by atoms with Crippen molar-refractivity contribution in [2.24, 2.45) is 0 Å². The third kappa shape index (κ3) is 4.03. The number of aromatic nitrogens is 3. The molecule has 0 aliphatic rings. The van der Waals surface area contributed by atoms with Gasteiger partial charge in [-0.05, 0) is 30.3 Å². The van der Waals surface area contributed by atoms with Crippen LogP contribution in [0.2, 0.25) is 5.02 Å². The van der Waals surface area contributed by atoms with Crippen molar-refractivity contribution in [1.29, 1.82) is 0 Å². The van der Waals surface area contributed by atoms with Gasteiger partial charge in [-0.3, -0.25) is 9.59 Å². The van der Waals surface area contributed by atoms with Crippen molar-refractivity contribution >= 4 is 23.2 Å². The third-order valence-electron chi connectivity index (χ3n) is 3.63. The normalized spacial score (nSPS) is 11.4. The van der Waals surface area contributed by atoms with Crippen LogP contribution in [-0.2, 0) is 17.5 Å². The summed E-state index contributed by atoms with van der Waals surface area (Å²) < 4.78 is 40.6. The summed E-state index contributed by atoms with van der Waals surface area (Å²) in [7, 11) is 0. The Labute approximate surface area is 155 Å². The second-order valence-corrected chi connectivity index (χ2v) is 5.89. The molecule has 1 N–H and O–H groups in total. The first kappa shape index (κ1) is 18.7. The molecule has 1 amide bonds. The number of hydrogen-bond donors (Lipinski definition) is 1. The highest BCUT2D eigenvalue weighted by atomic mass is 35.5. The van der Waals surface area contributed by atoms with Crippen molar-refractivity contribution in [1.82, 2.24) is 14.3 Å². The van der Waals surface area contributed by atoms with Gasteiger partial charge in [0, 0.05) is 18.6 Å². The molecule has 1 aromatic carbocycles. The fourth-order valence-corrected chi connectivity index (χ4v) is 2.73. The minimum absolute atomic E-state index is 0.302. The summed E-state index contributed by atoms with van der Waals surface area (Å²) in [6.45, 7) is -0.589. The molecule has 10 heteroatoms. The number of halogens is 4. The number of alkyl halides is 3. The molecule has 0 bridgehead atoms. The van der Waals surface area contributed by atoms with Crippen molar-refractivity contribution < 1.29 is 18.0 Å². The average Bonchev–Trinajstić information content (AvgIpc) is 3.10. The van der Waals surface area contributed by atoms with Crippen LogP contribution in [0.15, 0.2) is 59.8 Å². The Balaban J connectivity index is 1.87. The Bertz CT molecular complexity index is 1030. The van der Waals surface area contributed by atoms with Crippen LogP contribution in [0, 0.1) is 0 Å². The third-order valence-corrected chi connectivity index (χ3v) is 3.94. The SMILES string of the molecule is O=C(Cn1cccc(C(F)(F)F)c1=O)Nc1cccc(Cl)c1-n1cccn1. The van der Waals surface area contributed by atoms with E-state index in [0.717, 1.165) is 12.3 Å². The molecule has 0 unspecified atom stereocenters. The predicted molar refractivity (Wildman–Crippen MR) is 92.9 cm³/mol. The van der Waals surface area contributed by atoms with Crippen LogP contribution in [0.4, 0.5) is 18.9 Å². The van der Waals surface area contributed by atoms with Crippen LogP contribution in [0.3, 0.4) is 0 Å². The smallest absolute Gasteiger partial charge is 0.323 e. The predicted octanol–water partition coefficient (Wildman–Crippen LogP) is 3.34. The zero-order chi connectivity index (χ0) is 19.6. The summed E-state index contributed by atoms with van der Waals surface area (Å²) in [5.41, 5.74) is -1.93. The Morgan fingerprint density at radius 3 is 2.59 bits per heavy atom. The van der Waals surface area contributed by atoms with Crippen LogP contribution in [0.5, 0.6) is 0 Å². The van der Waals surface area contributed by atoms with E-state index < -0.39 is 29.8 Å². The number of carbonyl (C=O) groups excluding carboxylic acids is 1. The minimum Gasteiger partial charge on any atom is -0.323 e. The summed E-state index contributed by atoms with van der Waals surface area (Å²) in [4.78, 5) is 24.2. The molecule has 3 aromatic rings. The number of benzene rings is 1. The summed E-state index contributed by atoms with van der Waals surface area (Å²) in [5, 5.41) is 6.91. The second kappa shape index (κ2) is 7.28. The van der Waals surface area contributed by atoms with Crippen LogP contribution in [-0.4, -0.2) is 20.3 Å². The topological polar surface area (TPSA) is 68.9 Å². The van der Waals surface area contributed by atoms with Crippen LogP contribution in [0.1, 0.15) is 5.56 Å². The van der Waals surface area contributed by atoms with Crippen molar-refractivity contribution in [2.45, 2.75) is 12.7 Å². The molecule has 0 aliphatic heterocycles. The van der Waals surface area contributed by atoms with Crippen molar-refractivity contribution in [3.8, 4) is 5.69 Å². The molecule has 3 rings (SSSR count). The van der Waals surface area contributed by atoms with Gasteiger partial charge in [0.1, 0.15) is 17.8 Å². The lowest BCUT2D eigenvalue weighted by molar-refractivity contribution is -0.139. The molecule has 0 spiro atoms. The molecule has 0 radical (unpaired) electrons. The maximum atomic E-state index is 12.8. The lowest BCUT2D eigenvalue weighted by Gasteiger charge is -2.14. The van der Waals surface area contributed by atoms with Crippen LogP contribution < -0.4 is 10.9 Å². The van der Waals surface area contributed by atoms with Crippen molar-refractivity contribution in [3.63, 3.8) is 0 Å². The first-order valence-corrected chi connectivity index (χ1v) is 8.00. The van der Waals surface area contributed by atoms with E-state index in [4.69, 9.17) is 11.6 Å². The molecule has 0 aliphatic carbocycles. The van der Waals surface area contributed by atoms with Gasteiger partial charge in [-0.25, -0.2) is 4.68 Å². The molecule has 0 fully saturated rings. The van der Waals surface area contributed by atoms with E-state index in [9.17, 15) is 22.8 Å². The summed E-state index contributed by atoms with van der Waals surface area (Å²) in [5.74, 6) is -0.688. The van der Waals surface area contributed by atoms with Gasteiger partial charge in [0.05, 0.1) is 10.7 Å². The summed E-state index contributed by atoms with van der Waals surface area (Å²) >= 11 is 6.17. The zero-order valence-corrected chi connectivity index (χ0v) is 14.3. The summed E-state index contributed by atoms with van der Waals surface area (Å²) in [6.07, 6.45) is -0.536. The monoisotopic (exact) mass is 396 g/mol. The maximum Gasteiger partial charge on any atom is 0.421 e. The molecular weight excluding hydrogens is 385 g/mol. The Hall–Kier alpha value is -3.07. The Kier molecular flexibility index (Phi) is 5.04. The molecule has 0 saturated heterocycles. The van der Waals surface area contributed by atoms with Gasteiger partial charge in [0.2, 0.25) is 5.91 Å². The number of carbonyl (C=O) groups is 1. The lowest BCUT2D eigenvalue weighted by atomic mass is 10.2. The average molecular weight is 397 g/mol. The van der Waals surface area contributed by atoms with Gasteiger partial charge in [-0.1, -0.05) is 17.7 Å². The first-order valence-electron chi connectivity index (χ1n) is 7.62. The molecular formula is C17H12ClF3N4O2. The molecule has 27 heavy (non-hydrogen) atoms. The van der Waals surface area contributed by atoms with Crippen LogP contribution in [0.25, 0.3) is 5.69 Å². The number of rotatable bonds is 4. The highest BCUT2D eigenvalue weighted by molar-refractivity contribution is 6.33. The van der Waals surface area contributed by atoms with Gasteiger partial charge in [0.25, 0.3) is 5.56 Å². The largest absolute Gasteiger partial charge is 0.421 e. The molecule has 0 saturated carbocycles. The van der Waals surface area contributed by atoms with E-state index in [1.807, 2.05) is 0 Å². The van der Waals surface area contributed by atoms with E-state index in [2.05, 4.69) is 10.4 Å². The zero-order valence-electron chi connectivity index (χ0n) is 13.6. The second-order valence-electron chi connectivity index (χ2n) is 5.49. The highest BCUT2D eigenvalue weighted by Crippen LogP contribution is 2.28. The maximum absolute atomic E-state index is 12.8. The fraction of sp³-hybridized carbons (Fsp3) is 0.118. The van der Waals surface area contributed by atoms with Crippen molar-refractivity contribution in [2.75, 3.05) is 5.32 Å². The van der Waals surface area contributed by atoms with Crippen molar-refractivity contribution in [3.05, 3.63) is 75.9 Å². The molecule has 140 valence electrons.